The zero-order valence-electron chi connectivity index (χ0n) is 22.7. The van der Waals surface area contributed by atoms with Crippen molar-refractivity contribution in [3.8, 4) is 0 Å². The van der Waals surface area contributed by atoms with Gasteiger partial charge in [-0.25, -0.2) is 4.79 Å². The summed E-state index contributed by atoms with van der Waals surface area (Å²) in [6.45, 7) is 0.675. The Kier molecular flexibility index (Phi) is 7.53. The van der Waals surface area contributed by atoms with Gasteiger partial charge in [0.2, 0.25) is 5.91 Å². The largest absolute Gasteiger partial charge is 0.416 e. The Morgan fingerprint density at radius 3 is 2.49 bits per heavy atom. The van der Waals surface area contributed by atoms with Crippen molar-refractivity contribution in [2.45, 2.75) is 62.8 Å². The molecule has 3 amide bonds. The highest BCUT2D eigenvalue weighted by atomic mass is 19.4. The van der Waals surface area contributed by atoms with E-state index in [2.05, 4.69) is 57.3 Å². The van der Waals surface area contributed by atoms with E-state index in [4.69, 9.17) is 0 Å². The molecule has 2 aliphatic carbocycles. The molecule has 0 radical (unpaired) electrons. The number of carbonyl (C=O) groups excluding carboxylic acids is 2. The predicted molar refractivity (Wildman–Crippen MR) is 152 cm³/mol. The van der Waals surface area contributed by atoms with E-state index in [1.807, 2.05) is 12.1 Å². The number of urea groups is 1. The smallest absolute Gasteiger partial charge is 0.381 e. The first-order chi connectivity index (χ1) is 19.8. The molecule has 1 saturated carbocycles. The number of hydrogen-bond donors (Lipinski definition) is 3. The van der Waals surface area contributed by atoms with Crippen LogP contribution in [0.1, 0.15) is 55.7 Å². The number of alkyl halides is 3. The molecule has 2 aliphatic heterocycles. The molecule has 41 heavy (non-hydrogen) atoms. The fourth-order valence-corrected chi connectivity index (χ4v) is 7.19. The van der Waals surface area contributed by atoms with Gasteiger partial charge in [0.1, 0.15) is 0 Å². The van der Waals surface area contributed by atoms with Gasteiger partial charge in [0.15, 0.2) is 0 Å². The third-order valence-electron chi connectivity index (χ3n) is 9.14. The molecule has 6 atom stereocenters. The Hall–Kier alpha value is -3.75. The first-order valence-corrected chi connectivity index (χ1v) is 14.5. The van der Waals surface area contributed by atoms with Gasteiger partial charge in [0.25, 0.3) is 0 Å². The molecule has 1 saturated heterocycles. The monoisotopic (exact) mass is 564 g/mol. The van der Waals surface area contributed by atoms with Crippen molar-refractivity contribution < 1.29 is 22.8 Å². The molecule has 2 heterocycles. The van der Waals surface area contributed by atoms with E-state index in [0.29, 0.717) is 25.3 Å². The van der Waals surface area contributed by atoms with E-state index in [0.717, 1.165) is 49.1 Å². The van der Waals surface area contributed by atoms with Gasteiger partial charge in [-0.3, -0.25) is 4.79 Å². The summed E-state index contributed by atoms with van der Waals surface area (Å²) in [5.74, 6) is 0.368. The van der Waals surface area contributed by atoms with Gasteiger partial charge < -0.3 is 20.9 Å². The van der Waals surface area contributed by atoms with E-state index in [9.17, 15) is 22.8 Å². The number of benzene rings is 2. The SMILES string of the molecule is O=C(Nc1ccc(C(F)(F)F)cc1)N[C@@H]1CCCC[C@@H]1C(=O)N1CC[C@@H]2[C@H](C3C=CC=CC3)Nc3ccccc3[C@@H]21. The molecule has 2 fully saturated rings. The molecule has 9 heteroatoms. The second kappa shape index (κ2) is 11.3. The number of fused-ring (bicyclic) bond motifs is 3. The standard InChI is InChI=1S/C32H35F3N4O2/c33-32(34,35)21-14-16-22(17-15-21)36-31(41)38-27-13-7-5-11-24(27)30(40)39-19-18-25-28(20-8-2-1-3-9-20)37-26-12-6-4-10-23(26)29(25)39/h1-4,6,8,10,12,14-17,20,24-25,27-29,37H,5,7,9,11,13,18-19H2,(H2,36,38,41)/t20?,24-,25+,27+,28-,29-/m0/s1. The Labute approximate surface area is 238 Å². The van der Waals surface area contributed by atoms with E-state index < -0.39 is 17.8 Å². The molecule has 4 aliphatic rings. The van der Waals surface area contributed by atoms with E-state index in [1.165, 1.54) is 12.1 Å². The van der Waals surface area contributed by atoms with Crippen molar-refractivity contribution in [1.29, 1.82) is 0 Å². The Morgan fingerprint density at radius 2 is 1.73 bits per heavy atom. The Morgan fingerprint density at radius 1 is 0.951 bits per heavy atom. The summed E-state index contributed by atoms with van der Waals surface area (Å²) in [4.78, 5) is 29.2. The van der Waals surface area contributed by atoms with Gasteiger partial charge in [0.05, 0.1) is 17.5 Å². The molecule has 1 unspecified atom stereocenters. The topological polar surface area (TPSA) is 73.5 Å². The third-order valence-corrected chi connectivity index (χ3v) is 9.14. The molecule has 216 valence electrons. The minimum absolute atomic E-state index is 0.0205. The maximum atomic E-state index is 14.2. The number of amides is 3. The zero-order chi connectivity index (χ0) is 28.6. The number of nitrogens with one attached hydrogen (secondary N) is 3. The summed E-state index contributed by atoms with van der Waals surface area (Å²) >= 11 is 0. The molecule has 2 aromatic rings. The molecule has 0 aromatic heterocycles. The summed E-state index contributed by atoms with van der Waals surface area (Å²) in [5.41, 5.74) is 1.72. The minimum atomic E-state index is -4.44. The van der Waals surface area contributed by atoms with Crippen LogP contribution < -0.4 is 16.0 Å². The van der Waals surface area contributed by atoms with Crippen LogP contribution in [0.3, 0.4) is 0 Å². The lowest BCUT2D eigenvalue weighted by molar-refractivity contribution is -0.139. The molecule has 0 bridgehead atoms. The highest BCUT2D eigenvalue weighted by molar-refractivity contribution is 5.90. The fraction of sp³-hybridized carbons (Fsp3) is 0.438. The van der Waals surface area contributed by atoms with Crippen LogP contribution in [0.15, 0.2) is 72.8 Å². The number of nitrogens with zero attached hydrogens (tertiary/aromatic N) is 1. The van der Waals surface area contributed by atoms with Gasteiger partial charge >= 0.3 is 12.2 Å². The summed E-state index contributed by atoms with van der Waals surface area (Å²) < 4.78 is 38.7. The Balaban J connectivity index is 1.18. The van der Waals surface area contributed by atoms with Crippen molar-refractivity contribution >= 4 is 23.3 Å². The van der Waals surface area contributed by atoms with Crippen LogP contribution in [-0.2, 0) is 11.0 Å². The molecule has 2 aromatic carbocycles. The minimum Gasteiger partial charge on any atom is -0.381 e. The summed E-state index contributed by atoms with van der Waals surface area (Å²) in [5, 5.41) is 9.40. The average Bonchev–Trinajstić information content (AvgIpc) is 3.43. The molecule has 6 rings (SSSR count). The first kappa shape index (κ1) is 27.4. The molecular formula is C32H35F3N4O2. The molecular weight excluding hydrogens is 529 g/mol. The van der Waals surface area contributed by atoms with E-state index >= 15 is 0 Å². The third kappa shape index (κ3) is 5.59. The van der Waals surface area contributed by atoms with Gasteiger partial charge in [-0.05, 0) is 61.6 Å². The second-order valence-corrected chi connectivity index (χ2v) is 11.6. The van der Waals surface area contributed by atoms with Crippen molar-refractivity contribution in [2.24, 2.45) is 17.8 Å². The van der Waals surface area contributed by atoms with Gasteiger partial charge in [-0.1, -0.05) is 55.3 Å². The van der Waals surface area contributed by atoms with Crippen LogP contribution in [0, 0.1) is 17.8 Å². The fourth-order valence-electron chi connectivity index (χ4n) is 7.19. The van der Waals surface area contributed by atoms with Crippen LogP contribution in [0.2, 0.25) is 0 Å². The summed E-state index contributed by atoms with van der Waals surface area (Å²) in [7, 11) is 0. The molecule has 3 N–H and O–H groups in total. The van der Waals surface area contributed by atoms with Gasteiger partial charge in [-0.15, -0.1) is 0 Å². The van der Waals surface area contributed by atoms with Crippen LogP contribution in [-0.4, -0.2) is 35.5 Å². The maximum absolute atomic E-state index is 14.2. The number of rotatable bonds is 4. The van der Waals surface area contributed by atoms with Gasteiger partial charge in [0, 0.05) is 41.8 Å². The highest BCUT2D eigenvalue weighted by Crippen LogP contribution is 2.49. The average molecular weight is 565 g/mol. The van der Waals surface area contributed by atoms with Crippen LogP contribution >= 0.6 is 0 Å². The molecule has 0 spiro atoms. The lowest BCUT2D eigenvalue weighted by Crippen LogP contribution is -2.51. The predicted octanol–water partition coefficient (Wildman–Crippen LogP) is 6.90. The quantitative estimate of drug-likeness (QED) is 0.378. The van der Waals surface area contributed by atoms with Crippen molar-refractivity contribution in [3.63, 3.8) is 0 Å². The number of halogens is 3. The summed E-state index contributed by atoms with van der Waals surface area (Å²) in [6.07, 6.45) is 9.29. The maximum Gasteiger partial charge on any atom is 0.416 e. The zero-order valence-corrected chi connectivity index (χ0v) is 22.7. The lowest BCUT2D eigenvalue weighted by atomic mass is 9.75. The lowest BCUT2D eigenvalue weighted by Gasteiger charge is -2.44. The van der Waals surface area contributed by atoms with Crippen molar-refractivity contribution in [3.05, 3.63) is 84.0 Å². The number of anilines is 2. The molecule has 6 nitrogen and oxygen atoms in total. The van der Waals surface area contributed by atoms with Crippen molar-refractivity contribution in [1.82, 2.24) is 10.2 Å². The van der Waals surface area contributed by atoms with E-state index in [-0.39, 0.29) is 41.6 Å². The first-order valence-electron chi connectivity index (χ1n) is 14.5. The van der Waals surface area contributed by atoms with Crippen molar-refractivity contribution in [2.75, 3.05) is 17.2 Å². The number of allylic oxidation sites excluding steroid dienone is 3. The number of hydrogen-bond acceptors (Lipinski definition) is 3. The second-order valence-electron chi connectivity index (χ2n) is 11.6. The van der Waals surface area contributed by atoms with E-state index in [1.54, 1.807) is 0 Å². The van der Waals surface area contributed by atoms with Gasteiger partial charge in [-0.2, -0.15) is 13.2 Å². The van der Waals surface area contributed by atoms with Crippen LogP contribution in [0.4, 0.5) is 29.3 Å². The highest BCUT2D eigenvalue weighted by Gasteiger charge is 2.49. The number of para-hydroxylation sites is 1. The van der Waals surface area contributed by atoms with Crippen LogP contribution in [0.25, 0.3) is 0 Å². The Bertz CT molecular complexity index is 1340. The summed E-state index contributed by atoms with van der Waals surface area (Å²) in [6, 6.07) is 12.0. The van der Waals surface area contributed by atoms with Crippen LogP contribution in [0.5, 0.6) is 0 Å². The number of carbonyl (C=O) groups is 2. The normalized spacial score (nSPS) is 28.8. The number of likely N-dealkylation sites (tertiary alicyclic amines) is 1.